The lowest BCUT2D eigenvalue weighted by Crippen LogP contribution is -2.48. The molecule has 1 saturated heterocycles. The zero-order valence-corrected chi connectivity index (χ0v) is 18.4. The van der Waals surface area contributed by atoms with Crippen LogP contribution in [0, 0.1) is 5.82 Å². The second-order valence-electron chi connectivity index (χ2n) is 8.06. The Morgan fingerprint density at radius 2 is 1.83 bits per heavy atom. The zero-order chi connectivity index (χ0) is 21.3. The van der Waals surface area contributed by atoms with Crippen LogP contribution in [0.25, 0.3) is 0 Å². The Hall–Kier alpha value is -2.60. The van der Waals surface area contributed by atoms with Gasteiger partial charge in [0, 0.05) is 46.3 Å². The molecule has 6 heteroatoms. The molecule has 162 valence electrons. The van der Waals surface area contributed by atoms with E-state index in [2.05, 4.69) is 57.8 Å². The van der Waals surface area contributed by atoms with Crippen LogP contribution in [0.5, 0.6) is 0 Å². The van der Waals surface area contributed by atoms with Gasteiger partial charge in [-0.15, -0.1) is 0 Å². The van der Waals surface area contributed by atoms with Gasteiger partial charge in [0.1, 0.15) is 5.82 Å². The molecular formula is C24H34FN5. The molecule has 0 unspecified atom stereocenters. The number of benzene rings is 2. The Labute approximate surface area is 180 Å². The average molecular weight is 412 g/mol. The molecule has 0 saturated carbocycles. The third-order valence-electron chi connectivity index (χ3n) is 5.44. The van der Waals surface area contributed by atoms with Gasteiger partial charge in [-0.25, -0.2) is 9.38 Å². The zero-order valence-electron chi connectivity index (χ0n) is 18.4. The van der Waals surface area contributed by atoms with Crippen LogP contribution < -0.4 is 15.5 Å². The van der Waals surface area contributed by atoms with Crippen molar-refractivity contribution in [2.24, 2.45) is 4.99 Å². The van der Waals surface area contributed by atoms with Gasteiger partial charge in [0.15, 0.2) is 5.96 Å². The molecule has 0 amide bonds. The van der Waals surface area contributed by atoms with Crippen LogP contribution in [0.15, 0.2) is 53.5 Å². The fourth-order valence-corrected chi connectivity index (χ4v) is 3.77. The molecule has 2 N–H and O–H groups in total. The minimum Gasteiger partial charge on any atom is -0.375 e. The number of likely N-dealkylation sites (tertiary alicyclic amines) is 1. The summed E-state index contributed by atoms with van der Waals surface area (Å²) in [6.07, 6.45) is 2.17. The van der Waals surface area contributed by atoms with E-state index in [0.29, 0.717) is 18.3 Å². The monoisotopic (exact) mass is 411 g/mol. The highest BCUT2D eigenvalue weighted by Crippen LogP contribution is 2.19. The summed E-state index contributed by atoms with van der Waals surface area (Å²) in [4.78, 5) is 8.96. The van der Waals surface area contributed by atoms with Crippen molar-refractivity contribution in [2.75, 3.05) is 38.6 Å². The molecule has 0 spiro atoms. The van der Waals surface area contributed by atoms with Crippen molar-refractivity contribution < 1.29 is 4.39 Å². The van der Waals surface area contributed by atoms with E-state index in [4.69, 9.17) is 0 Å². The fourth-order valence-electron chi connectivity index (χ4n) is 3.77. The minimum absolute atomic E-state index is 0.212. The van der Waals surface area contributed by atoms with E-state index in [1.807, 2.05) is 26.2 Å². The Kier molecular flexibility index (Phi) is 8.08. The molecule has 5 nitrogen and oxygen atoms in total. The van der Waals surface area contributed by atoms with Gasteiger partial charge < -0.3 is 15.5 Å². The van der Waals surface area contributed by atoms with Crippen molar-refractivity contribution in [1.29, 1.82) is 0 Å². The van der Waals surface area contributed by atoms with Crippen LogP contribution in [0.1, 0.15) is 30.9 Å². The molecule has 1 heterocycles. The summed E-state index contributed by atoms with van der Waals surface area (Å²) in [6, 6.07) is 16.4. The van der Waals surface area contributed by atoms with Crippen LogP contribution in [0.2, 0.25) is 0 Å². The summed E-state index contributed by atoms with van der Waals surface area (Å²) < 4.78 is 14.2. The van der Waals surface area contributed by atoms with E-state index in [9.17, 15) is 4.39 Å². The van der Waals surface area contributed by atoms with Gasteiger partial charge >= 0.3 is 0 Å². The number of guanidine groups is 1. The second kappa shape index (κ2) is 11.0. The molecule has 0 aromatic heterocycles. The first kappa shape index (κ1) is 22.1. The van der Waals surface area contributed by atoms with E-state index >= 15 is 0 Å². The third kappa shape index (κ3) is 6.46. The highest BCUT2D eigenvalue weighted by molar-refractivity contribution is 5.80. The van der Waals surface area contributed by atoms with E-state index in [1.165, 1.54) is 5.56 Å². The van der Waals surface area contributed by atoms with Gasteiger partial charge in [0.2, 0.25) is 0 Å². The maximum absolute atomic E-state index is 14.2. The standard InChI is InChI=1S/C24H34FN5/c1-4-26-24(27-17-20-10-11-23(29(2)3)22(25)16-20)28-21-12-14-30(15-13-21)18-19-8-6-5-7-9-19/h5-11,16,21H,4,12-15,17-18H2,1-3H3,(H2,26,27,28). The summed E-state index contributed by atoms with van der Waals surface area (Å²) in [5.74, 6) is 0.590. The fraction of sp³-hybridized carbons (Fsp3) is 0.458. The minimum atomic E-state index is -0.212. The number of hydrogen-bond donors (Lipinski definition) is 2. The van der Waals surface area contributed by atoms with Gasteiger partial charge in [0.25, 0.3) is 0 Å². The average Bonchev–Trinajstić information content (AvgIpc) is 2.74. The molecule has 1 aliphatic rings. The maximum atomic E-state index is 14.2. The normalized spacial score (nSPS) is 15.8. The van der Waals surface area contributed by atoms with Crippen molar-refractivity contribution in [1.82, 2.24) is 15.5 Å². The number of nitrogens with one attached hydrogen (secondary N) is 2. The van der Waals surface area contributed by atoms with E-state index in [-0.39, 0.29) is 5.82 Å². The molecule has 2 aromatic rings. The van der Waals surface area contributed by atoms with Crippen molar-refractivity contribution in [2.45, 2.75) is 38.9 Å². The molecule has 1 aliphatic heterocycles. The topological polar surface area (TPSA) is 42.9 Å². The molecule has 0 atom stereocenters. The Morgan fingerprint density at radius 3 is 2.47 bits per heavy atom. The van der Waals surface area contributed by atoms with Crippen molar-refractivity contribution >= 4 is 11.6 Å². The predicted octanol–water partition coefficient (Wildman–Crippen LogP) is 3.61. The van der Waals surface area contributed by atoms with Gasteiger partial charge in [0.05, 0.1) is 12.2 Å². The van der Waals surface area contributed by atoms with Crippen LogP contribution in [-0.4, -0.2) is 50.6 Å². The number of aliphatic imine (C=N–C) groups is 1. The predicted molar refractivity (Wildman–Crippen MR) is 123 cm³/mol. The largest absolute Gasteiger partial charge is 0.375 e. The lowest BCUT2D eigenvalue weighted by atomic mass is 10.0. The SMILES string of the molecule is CCNC(=NCc1ccc(N(C)C)c(F)c1)NC1CCN(Cc2ccccc2)CC1. The van der Waals surface area contributed by atoms with E-state index in [1.54, 1.807) is 11.0 Å². The molecule has 2 aromatic carbocycles. The Morgan fingerprint density at radius 1 is 1.10 bits per heavy atom. The van der Waals surface area contributed by atoms with Crippen molar-refractivity contribution in [3.63, 3.8) is 0 Å². The summed E-state index contributed by atoms with van der Waals surface area (Å²) in [5, 5.41) is 6.88. The van der Waals surface area contributed by atoms with Crippen LogP contribution in [0.4, 0.5) is 10.1 Å². The van der Waals surface area contributed by atoms with Crippen LogP contribution >= 0.6 is 0 Å². The summed E-state index contributed by atoms with van der Waals surface area (Å²) in [7, 11) is 3.68. The summed E-state index contributed by atoms with van der Waals surface area (Å²) in [6.45, 7) is 6.47. The smallest absolute Gasteiger partial charge is 0.191 e. The van der Waals surface area contributed by atoms with Crippen molar-refractivity contribution in [3.05, 3.63) is 65.5 Å². The lowest BCUT2D eigenvalue weighted by molar-refractivity contribution is 0.198. The number of piperidine rings is 1. The summed E-state index contributed by atoms with van der Waals surface area (Å²) in [5.41, 5.74) is 2.83. The lowest BCUT2D eigenvalue weighted by Gasteiger charge is -2.33. The molecule has 3 rings (SSSR count). The van der Waals surface area contributed by atoms with Crippen LogP contribution in [-0.2, 0) is 13.1 Å². The van der Waals surface area contributed by atoms with E-state index < -0.39 is 0 Å². The van der Waals surface area contributed by atoms with E-state index in [0.717, 1.165) is 50.5 Å². The molecule has 0 aliphatic carbocycles. The third-order valence-corrected chi connectivity index (χ3v) is 5.44. The second-order valence-corrected chi connectivity index (χ2v) is 8.06. The first-order valence-electron chi connectivity index (χ1n) is 10.8. The molecular weight excluding hydrogens is 377 g/mol. The quantitative estimate of drug-likeness (QED) is 0.540. The van der Waals surface area contributed by atoms with Gasteiger partial charge in [-0.3, -0.25) is 4.90 Å². The maximum Gasteiger partial charge on any atom is 0.191 e. The van der Waals surface area contributed by atoms with Crippen LogP contribution in [0.3, 0.4) is 0 Å². The number of hydrogen-bond acceptors (Lipinski definition) is 3. The number of rotatable bonds is 7. The summed E-state index contributed by atoms with van der Waals surface area (Å²) >= 11 is 0. The molecule has 1 fully saturated rings. The number of halogens is 1. The first-order chi connectivity index (χ1) is 14.5. The molecule has 0 radical (unpaired) electrons. The van der Waals surface area contributed by atoms with Gasteiger partial charge in [-0.2, -0.15) is 0 Å². The van der Waals surface area contributed by atoms with Crippen molar-refractivity contribution in [3.8, 4) is 0 Å². The Bertz CT molecular complexity index is 814. The molecule has 0 bridgehead atoms. The van der Waals surface area contributed by atoms with Gasteiger partial charge in [-0.1, -0.05) is 36.4 Å². The highest BCUT2D eigenvalue weighted by atomic mass is 19.1. The highest BCUT2D eigenvalue weighted by Gasteiger charge is 2.20. The number of anilines is 1. The van der Waals surface area contributed by atoms with Gasteiger partial charge in [-0.05, 0) is 43.0 Å². The molecule has 30 heavy (non-hydrogen) atoms. The Balaban J connectivity index is 1.52. The number of nitrogens with zero attached hydrogens (tertiary/aromatic N) is 3. The first-order valence-corrected chi connectivity index (χ1v) is 10.8.